The maximum Gasteiger partial charge on any atom is 0.277 e. The van der Waals surface area contributed by atoms with Crippen LogP contribution in [0, 0.1) is 0 Å². The number of nitrogens with zero attached hydrogens (tertiary/aromatic N) is 4. The second-order valence-corrected chi connectivity index (χ2v) is 7.65. The van der Waals surface area contributed by atoms with E-state index in [-0.39, 0.29) is 0 Å². The third-order valence-corrected chi connectivity index (χ3v) is 4.62. The molecule has 0 saturated carbocycles. The number of carbonyl (C=O) groups is 1. The van der Waals surface area contributed by atoms with Gasteiger partial charge in [0.1, 0.15) is 5.52 Å². The molecular weight excluding hydrogens is 342 g/mol. The molecule has 138 valence electrons. The molecule has 2 N–H and O–H groups in total. The molecule has 1 amide bonds. The highest BCUT2D eigenvalue weighted by Gasteiger charge is 2.26. The molecule has 0 aliphatic heterocycles. The molecule has 0 fully saturated rings. The van der Waals surface area contributed by atoms with E-state index in [1.165, 1.54) is 0 Å². The molecule has 0 radical (unpaired) electrons. The lowest BCUT2D eigenvalue weighted by atomic mass is 10.0. The van der Waals surface area contributed by atoms with Gasteiger partial charge in [-0.3, -0.25) is 15.0 Å². The van der Waals surface area contributed by atoms with Crippen LogP contribution in [0.3, 0.4) is 0 Å². The molecule has 0 bridgehead atoms. The highest BCUT2D eigenvalue weighted by molar-refractivity contribution is 6.03. The Bertz CT molecular complexity index is 1130. The molecule has 0 saturated heterocycles. The van der Waals surface area contributed by atoms with Crippen molar-refractivity contribution in [2.75, 3.05) is 0 Å². The van der Waals surface area contributed by atoms with Crippen LogP contribution in [-0.4, -0.2) is 41.2 Å². The summed E-state index contributed by atoms with van der Waals surface area (Å²) in [6.45, 7) is 5.34. The standard InChI is InChI=1S/C20H21N5O2/c1-20(2,3)25(27)19(26)12-5-6-17-13(9-12)14(11-24(17)4)15-10-16-18(23-15)22-8-7-21-16/h5-11,27H,1-4H3,(H,22,23). The number of hydrogen-bond donors (Lipinski definition) is 2. The van der Waals surface area contributed by atoms with E-state index in [1.807, 2.05) is 36.0 Å². The van der Waals surface area contributed by atoms with Crippen LogP contribution < -0.4 is 0 Å². The number of carbonyl (C=O) groups excluding carboxylic acids is 1. The summed E-state index contributed by atoms with van der Waals surface area (Å²) in [5, 5.41) is 11.9. The number of nitrogens with one attached hydrogen (secondary N) is 1. The Hall–Kier alpha value is -3.19. The largest absolute Gasteiger partial charge is 0.350 e. The third kappa shape index (κ3) is 2.86. The van der Waals surface area contributed by atoms with Gasteiger partial charge in [-0.2, -0.15) is 0 Å². The minimum absolute atomic E-state index is 0.430. The van der Waals surface area contributed by atoms with Crippen molar-refractivity contribution in [1.29, 1.82) is 0 Å². The van der Waals surface area contributed by atoms with Crippen LogP contribution >= 0.6 is 0 Å². The summed E-state index contributed by atoms with van der Waals surface area (Å²) in [6.07, 6.45) is 5.30. The highest BCUT2D eigenvalue weighted by Crippen LogP contribution is 2.32. The molecule has 4 rings (SSSR count). The average molecular weight is 363 g/mol. The number of rotatable bonds is 2. The van der Waals surface area contributed by atoms with Gasteiger partial charge >= 0.3 is 0 Å². The molecule has 0 aliphatic carbocycles. The van der Waals surface area contributed by atoms with Gasteiger partial charge in [0.25, 0.3) is 5.91 Å². The number of hydrogen-bond acceptors (Lipinski definition) is 4. The zero-order valence-corrected chi connectivity index (χ0v) is 15.7. The molecule has 3 heterocycles. The Labute approximate surface area is 156 Å². The lowest BCUT2D eigenvalue weighted by Gasteiger charge is -2.29. The van der Waals surface area contributed by atoms with Crippen LogP contribution in [0.1, 0.15) is 31.1 Å². The second kappa shape index (κ2) is 5.92. The van der Waals surface area contributed by atoms with Gasteiger partial charge in [-0.1, -0.05) is 0 Å². The first kappa shape index (κ1) is 17.2. The number of hydroxylamine groups is 2. The van der Waals surface area contributed by atoms with Crippen molar-refractivity contribution in [1.82, 2.24) is 24.6 Å². The quantitative estimate of drug-likeness (QED) is 0.419. The summed E-state index contributed by atoms with van der Waals surface area (Å²) in [7, 11) is 1.96. The first-order chi connectivity index (χ1) is 12.8. The Morgan fingerprint density at radius 1 is 1.19 bits per heavy atom. The third-order valence-electron chi connectivity index (χ3n) is 4.62. The Kier molecular flexibility index (Phi) is 3.78. The van der Waals surface area contributed by atoms with Gasteiger partial charge in [0.15, 0.2) is 5.65 Å². The minimum Gasteiger partial charge on any atom is -0.350 e. The van der Waals surface area contributed by atoms with Crippen molar-refractivity contribution >= 4 is 28.0 Å². The topological polar surface area (TPSA) is 87.0 Å². The molecule has 27 heavy (non-hydrogen) atoms. The fourth-order valence-electron chi connectivity index (χ4n) is 3.16. The zero-order chi connectivity index (χ0) is 19.3. The van der Waals surface area contributed by atoms with Crippen LogP contribution in [-0.2, 0) is 7.05 Å². The van der Waals surface area contributed by atoms with E-state index < -0.39 is 11.4 Å². The molecule has 3 aromatic heterocycles. The van der Waals surface area contributed by atoms with E-state index in [4.69, 9.17) is 0 Å². The van der Waals surface area contributed by atoms with Gasteiger partial charge in [-0.25, -0.2) is 10.0 Å². The lowest BCUT2D eigenvalue weighted by molar-refractivity contribution is -0.114. The van der Waals surface area contributed by atoms with E-state index in [9.17, 15) is 10.0 Å². The predicted octanol–water partition coefficient (Wildman–Crippen LogP) is 3.75. The number of H-pyrrole nitrogens is 1. The number of benzene rings is 1. The van der Waals surface area contributed by atoms with E-state index in [0.717, 1.165) is 32.7 Å². The molecule has 0 unspecified atom stereocenters. The molecule has 7 nitrogen and oxygen atoms in total. The number of aryl methyl sites for hydroxylation is 1. The molecule has 0 aliphatic rings. The zero-order valence-electron chi connectivity index (χ0n) is 15.7. The van der Waals surface area contributed by atoms with Gasteiger partial charge in [0.2, 0.25) is 0 Å². The van der Waals surface area contributed by atoms with Crippen LogP contribution in [0.4, 0.5) is 0 Å². The van der Waals surface area contributed by atoms with Gasteiger partial charge in [0, 0.05) is 47.7 Å². The first-order valence-electron chi connectivity index (χ1n) is 8.68. The number of amides is 1. The van der Waals surface area contributed by atoms with Gasteiger partial charge in [-0.05, 0) is 45.0 Å². The SMILES string of the molecule is Cn1cc(-c2cc3nccnc3[nH]2)c2cc(C(=O)N(O)C(C)(C)C)ccc21. The van der Waals surface area contributed by atoms with Crippen LogP contribution in [0.5, 0.6) is 0 Å². The van der Waals surface area contributed by atoms with Gasteiger partial charge in [-0.15, -0.1) is 0 Å². The van der Waals surface area contributed by atoms with Crippen molar-refractivity contribution in [3.63, 3.8) is 0 Å². The maximum atomic E-state index is 12.7. The van der Waals surface area contributed by atoms with Crippen molar-refractivity contribution < 1.29 is 10.0 Å². The lowest BCUT2D eigenvalue weighted by Crippen LogP contribution is -2.43. The van der Waals surface area contributed by atoms with Crippen LogP contribution in [0.15, 0.2) is 42.9 Å². The van der Waals surface area contributed by atoms with Crippen LogP contribution in [0.2, 0.25) is 0 Å². The Morgan fingerprint density at radius 2 is 1.93 bits per heavy atom. The summed E-state index contributed by atoms with van der Waals surface area (Å²) < 4.78 is 2.01. The fourth-order valence-corrected chi connectivity index (χ4v) is 3.16. The maximum absolute atomic E-state index is 12.7. The molecule has 7 heteroatoms. The van der Waals surface area contributed by atoms with E-state index >= 15 is 0 Å². The summed E-state index contributed by atoms with van der Waals surface area (Å²) in [5.41, 5.74) is 4.06. The van der Waals surface area contributed by atoms with E-state index in [2.05, 4.69) is 15.0 Å². The normalized spacial score (nSPS) is 12.0. The number of aromatic amines is 1. The summed E-state index contributed by atoms with van der Waals surface area (Å²) >= 11 is 0. The van der Waals surface area contributed by atoms with Crippen molar-refractivity contribution in [3.8, 4) is 11.3 Å². The summed E-state index contributed by atoms with van der Waals surface area (Å²) in [6, 6.07) is 7.38. The van der Waals surface area contributed by atoms with Gasteiger partial charge < -0.3 is 9.55 Å². The molecule has 1 aromatic carbocycles. The highest BCUT2D eigenvalue weighted by atomic mass is 16.5. The van der Waals surface area contributed by atoms with Crippen molar-refractivity contribution in [3.05, 3.63) is 48.4 Å². The van der Waals surface area contributed by atoms with E-state index in [1.54, 1.807) is 39.2 Å². The van der Waals surface area contributed by atoms with Gasteiger partial charge in [0.05, 0.1) is 11.2 Å². The smallest absolute Gasteiger partial charge is 0.277 e. The predicted molar refractivity (Wildman–Crippen MR) is 104 cm³/mol. The molecule has 4 aromatic rings. The molecule has 0 spiro atoms. The summed E-state index contributed by atoms with van der Waals surface area (Å²) in [5.74, 6) is -0.431. The Balaban J connectivity index is 1.86. The van der Waals surface area contributed by atoms with Crippen molar-refractivity contribution in [2.24, 2.45) is 7.05 Å². The minimum atomic E-state index is -0.680. The molecule has 0 atom stereocenters. The second-order valence-electron chi connectivity index (χ2n) is 7.65. The number of aromatic nitrogens is 4. The van der Waals surface area contributed by atoms with Crippen molar-refractivity contribution in [2.45, 2.75) is 26.3 Å². The first-order valence-corrected chi connectivity index (χ1v) is 8.68. The monoisotopic (exact) mass is 363 g/mol. The summed E-state index contributed by atoms with van der Waals surface area (Å²) in [4.78, 5) is 24.6. The van der Waals surface area contributed by atoms with E-state index in [0.29, 0.717) is 11.2 Å². The average Bonchev–Trinajstić information content (AvgIpc) is 3.20. The van der Waals surface area contributed by atoms with Crippen LogP contribution in [0.25, 0.3) is 33.3 Å². The fraction of sp³-hybridized carbons (Fsp3) is 0.250. The number of fused-ring (bicyclic) bond motifs is 2. The Morgan fingerprint density at radius 3 is 2.63 bits per heavy atom. The molecular formula is C20H21N5O2.